The molecule has 0 aromatic heterocycles. The van der Waals surface area contributed by atoms with Gasteiger partial charge in [-0.25, -0.2) is 4.79 Å². The van der Waals surface area contributed by atoms with Gasteiger partial charge >= 0.3 is 5.97 Å². The fourth-order valence-corrected chi connectivity index (χ4v) is 1.08. The molecule has 2 N–H and O–H groups in total. The largest absolute Gasteiger partial charge is 0.467 e. The lowest BCUT2D eigenvalue weighted by atomic mass is 10.1. The molecule has 5 heteroatoms. The standard InChI is InChI=1S/C10H20N2O3/c1-5-6-11-7-8(13)12-10(2,3)9(14)15-4/h11H,5-7H2,1-4H3,(H,12,13). The molecular weight excluding hydrogens is 196 g/mol. The summed E-state index contributed by atoms with van der Waals surface area (Å²) in [7, 11) is 1.30. The molecule has 0 unspecified atom stereocenters. The summed E-state index contributed by atoms with van der Waals surface area (Å²) in [5, 5.41) is 5.54. The highest BCUT2D eigenvalue weighted by atomic mass is 16.5. The van der Waals surface area contributed by atoms with E-state index < -0.39 is 11.5 Å². The summed E-state index contributed by atoms with van der Waals surface area (Å²) in [5.74, 6) is -0.662. The second kappa shape index (κ2) is 6.40. The van der Waals surface area contributed by atoms with E-state index in [4.69, 9.17) is 0 Å². The third kappa shape index (κ3) is 5.37. The molecular formula is C10H20N2O3. The molecule has 0 aliphatic heterocycles. The lowest BCUT2D eigenvalue weighted by Crippen LogP contribution is -2.52. The molecule has 0 radical (unpaired) electrons. The van der Waals surface area contributed by atoms with Crippen molar-refractivity contribution in [2.45, 2.75) is 32.7 Å². The van der Waals surface area contributed by atoms with E-state index in [1.54, 1.807) is 13.8 Å². The topological polar surface area (TPSA) is 67.4 Å². The zero-order valence-electron chi connectivity index (χ0n) is 9.85. The van der Waals surface area contributed by atoms with Gasteiger partial charge in [-0.15, -0.1) is 0 Å². The van der Waals surface area contributed by atoms with Crippen molar-refractivity contribution in [1.29, 1.82) is 0 Å². The Balaban J connectivity index is 3.99. The summed E-state index contributed by atoms with van der Waals surface area (Å²) in [5.41, 5.74) is -0.972. The van der Waals surface area contributed by atoms with Crippen LogP contribution in [0.1, 0.15) is 27.2 Å². The minimum atomic E-state index is -0.972. The van der Waals surface area contributed by atoms with E-state index in [0.717, 1.165) is 13.0 Å². The van der Waals surface area contributed by atoms with Crippen molar-refractivity contribution in [3.8, 4) is 0 Å². The molecule has 88 valence electrons. The maximum absolute atomic E-state index is 11.4. The Morgan fingerprint density at radius 3 is 2.40 bits per heavy atom. The lowest BCUT2D eigenvalue weighted by Gasteiger charge is -2.23. The molecule has 0 atom stereocenters. The summed E-state index contributed by atoms with van der Waals surface area (Å²) in [4.78, 5) is 22.6. The number of carbonyl (C=O) groups is 2. The Morgan fingerprint density at radius 1 is 1.33 bits per heavy atom. The van der Waals surface area contributed by atoms with Crippen LogP contribution < -0.4 is 10.6 Å². The minimum absolute atomic E-state index is 0.209. The van der Waals surface area contributed by atoms with Gasteiger partial charge in [-0.1, -0.05) is 6.92 Å². The van der Waals surface area contributed by atoms with Gasteiger partial charge in [0.15, 0.2) is 0 Å². The molecule has 5 nitrogen and oxygen atoms in total. The number of ether oxygens (including phenoxy) is 1. The number of methoxy groups -OCH3 is 1. The number of amides is 1. The van der Waals surface area contributed by atoms with Gasteiger partial charge in [0.25, 0.3) is 0 Å². The number of carbonyl (C=O) groups excluding carboxylic acids is 2. The molecule has 0 saturated carbocycles. The second-order valence-corrected chi connectivity index (χ2v) is 3.84. The van der Waals surface area contributed by atoms with Crippen LogP contribution in [0.5, 0.6) is 0 Å². The van der Waals surface area contributed by atoms with Crippen LogP contribution in [0, 0.1) is 0 Å². The van der Waals surface area contributed by atoms with Crippen LogP contribution in [0.15, 0.2) is 0 Å². The smallest absolute Gasteiger partial charge is 0.330 e. The van der Waals surface area contributed by atoms with Gasteiger partial charge < -0.3 is 15.4 Å². The number of rotatable bonds is 6. The van der Waals surface area contributed by atoms with Gasteiger partial charge in [-0.05, 0) is 26.8 Å². The summed E-state index contributed by atoms with van der Waals surface area (Å²) in [6.45, 7) is 6.23. The van der Waals surface area contributed by atoms with Crippen LogP contribution in [-0.4, -0.2) is 37.6 Å². The maximum atomic E-state index is 11.4. The number of esters is 1. The van der Waals surface area contributed by atoms with Gasteiger partial charge in [0, 0.05) is 0 Å². The van der Waals surface area contributed by atoms with E-state index in [1.807, 2.05) is 6.92 Å². The first kappa shape index (κ1) is 13.9. The molecule has 0 aromatic rings. The molecule has 0 spiro atoms. The normalized spacial score (nSPS) is 10.9. The first-order chi connectivity index (χ1) is 6.94. The summed E-state index contributed by atoms with van der Waals surface area (Å²) in [6, 6.07) is 0. The van der Waals surface area contributed by atoms with E-state index in [2.05, 4.69) is 15.4 Å². The first-order valence-corrected chi connectivity index (χ1v) is 5.04. The summed E-state index contributed by atoms with van der Waals surface area (Å²) < 4.78 is 4.57. The van der Waals surface area contributed by atoms with Crippen molar-refractivity contribution in [3.63, 3.8) is 0 Å². The average Bonchev–Trinajstić information content (AvgIpc) is 2.16. The van der Waals surface area contributed by atoms with Gasteiger partial charge in [0.05, 0.1) is 13.7 Å². The predicted octanol–water partition coefficient (Wildman–Crippen LogP) is 0.0538. The molecule has 0 fully saturated rings. The zero-order valence-corrected chi connectivity index (χ0v) is 9.85. The van der Waals surface area contributed by atoms with Crippen molar-refractivity contribution in [2.75, 3.05) is 20.2 Å². The third-order valence-electron chi connectivity index (χ3n) is 1.86. The van der Waals surface area contributed by atoms with Crippen molar-refractivity contribution in [1.82, 2.24) is 10.6 Å². The molecule has 1 amide bonds. The van der Waals surface area contributed by atoms with Crippen LogP contribution in [0.4, 0.5) is 0 Å². The molecule has 0 aliphatic carbocycles. The van der Waals surface area contributed by atoms with Gasteiger partial charge in [-0.3, -0.25) is 4.79 Å². The molecule has 15 heavy (non-hydrogen) atoms. The quantitative estimate of drug-likeness (QED) is 0.486. The van der Waals surface area contributed by atoms with E-state index in [1.165, 1.54) is 7.11 Å². The maximum Gasteiger partial charge on any atom is 0.330 e. The van der Waals surface area contributed by atoms with Crippen molar-refractivity contribution in [2.24, 2.45) is 0 Å². The van der Waals surface area contributed by atoms with Crippen molar-refractivity contribution >= 4 is 11.9 Å². The zero-order chi connectivity index (χ0) is 11.9. The highest BCUT2D eigenvalue weighted by Gasteiger charge is 2.29. The number of hydrogen-bond acceptors (Lipinski definition) is 4. The monoisotopic (exact) mass is 216 g/mol. The van der Waals surface area contributed by atoms with Crippen LogP contribution in [0.2, 0.25) is 0 Å². The Hall–Kier alpha value is -1.10. The van der Waals surface area contributed by atoms with E-state index in [0.29, 0.717) is 0 Å². The highest BCUT2D eigenvalue weighted by molar-refractivity contribution is 5.88. The number of hydrogen-bond donors (Lipinski definition) is 2. The van der Waals surface area contributed by atoms with E-state index in [9.17, 15) is 9.59 Å². The first-order valence-electron chi connectivity index (χ1n) is 5.04. The summed E-state index contributed by atoms with van der Waals surface area (Å²) in [6.07, 6.45) is 0.966. The average molecular weight is 216 g/mol. The third-order valence-corrected chi connectivity index (χ3v) is 1.86. The molecule has 0 heterocycles. The van der Waals surface area contributed by atoms with E-state index >= 15 is 0 Å². The Labute approximate surface area is 90.6 Å². The Kier molecular flexibility index (Phi) is 5.93. The van der Waals surface area contributed by atoms with Crippen molar-refractivity contribution in [3.05, 3.63) is 0 Å². The van der Waals surface area contributed by atoms with Crippen LogP contribution in [0.3, 0.4) is 0 Å². The van der Waals surface area contributed by atoms with Crippen LogP contribution >= 0.6 is 0 Å². The lowest BCUT2D eigenvalue weighted by molar-refractivity contribution is -0.149. The SMILES string of the molecule is CCCNCC(=O)NC(C)(C)C(=O)OC. The minimum Gasteiger partial charge on any atom is -0.467 e. The van der Waals surface area contributed by atoms with Gasteiger partial charge in [-0.2, -0.15) is 0 Å². The molecule has 0 saturated heterocycles. The second-order valence-electron chi connectivity index (χ2n) is 3.84. The van der Waals surface area contributed by atoms with Crippen LogP contribution in [0.25, 0.3) is 0 Å². The predicted molar refractivity (Wildman–Crippen MR) is 57.4 cm³/mol. The van der Waals surface area contributed by atoms with E-state index in [-0.39, 0.29) is 12.5 Å². The number of nitrogens with one attached hydrogen (secondary N) is 2. The molecule has 0 rings (SSSR count). The fraction of sp³-hybridized carbons (Fsp3) is 0.800. The molecule has 0 aliphatic rings. The Bertz CT molecular complexity index is 227. The Morgan fingerprint density at radius 2 is 1.93 bits per heavy atom. The fourth-order valence-electron chi connectivity index (χ4n) is 1.08. The molecule has 0 bridgehead atoms. The van der Waals surface area contributed by atoms with Gasteiger partial charge in [0.1, 0.15) is 5.54 Å². The summed E-state index contributed by atoms with van der Waals surface area (Å²) >= 11 is 0. The highest BCUT2D eigenvalue weighted by Crippen LogP contribution is 2.03. The molecule has 0 aromatic carbocycles. The van der Waals surface area contributed by atoms with Crippen molar-refractivity contribution < 1.29 is 14.3 Å². The van der Waals surface area contributed by atoms with Gasteiger partial charge in [0.2, 0.25) is 5.91 Å². The van der Waals surface area contributed by atoms with Crippen LogP contribution in [-0.2, 0) is 14.3 Å².